The summed E-state index contributed by atoms with van der Waals surface area (Å²) in [5.41, 5.74) is 4.09. The number of hydrogen-bond acceptors (Lipinski definition) is 3. The molecule has 0 heterocycles. The van der Waals surface area contributed by atoms with Crippen molar-refractivity contribution in [1.29, 1.82) is 0 Å². The van der Waals surface area contributed by atoms with E-state index >= 15 is 0 Å². The number of alkyl halides is 3. The predicted molar refractivity (Wildman–Crippen MR) is 104 cm³/mol. The Bertz CT molecular complexity index is 907. The molecule has 0 unspecified atom stereocenters. The fraction of sp³-hybridized carbons (Fsp3) is 0.381. The van der Waals surface area contributed by atoms with E-state index in [0.29, 0.717) is 25.7 Å². The Morgan fingerprint density at radius 1 is 1.10 bits per heavy atom. The van der Waals surface area contributed by atoms with Crippen LogP contribution in [-0.4, -0.2) is 17.8 Å². The number of rotatable bonds is 5. The lowest BCUT2D eigenvalue weighted by Gasteiger charge is -2.37. The van der Waals surface area contributed by atoms with E-state index in [2.05, 4.69) is 10.6 Å². The summed E-state index contributed by atoms with van der Waals surface area (Å²) in [6, 6.07) is 7.11. The average molecular weight is 443 g/mol. The molecule has 31 heavy (non-hydrogen) atoms. The summed E-state index contributed by atoms with van der Waals surface area (Å²) in [4.78, 5) is 12.2. The molecule has 2 aromatic rings. The number of carbonyl (C=O) groups is 1. The Labute approximate surface area is 175 Å². The third-order valence-corrected chi connectivity index (χ3v) is 5.16. The molecule has 2 amide bonds. The minimum absolute atomic E-state index is 0.0140. The molecule has 3 rings (SSSR count). The number of urea groups is 1. The molecule has 2 aromatic carbocycles. The first-order valence-electron chi connectivity index (χ1n) is 9.65. The maximum Gasteiger partial charge on any atom is 0.416 e. The van der Waals surface area contributed by atoms with Crippen molar-refractivity contribution in [2.75, 3.05) is 5.32 Å². The molecule has 0 spiro atoms. The van der Waals surface area contributed by atoms with Gasteiger partial charge in [0.15, 0.2) is 0 Å². The van der Waals surface area contributed by atoms with Crippen molar-refractivity contribution in [2.24, 2.45) is 5.73 Å². The second-order valence-corrected chi connectivity index (χ2v) is 7.52. The summed E-state index contributed by atoms with van der Waals surface area (Å²) in [5.74, 6) is -1.37. The minimum atomic E-state index is -4.52. The van der Waals surface area contributed by atoms with Gasteiger partial charge in [0.05, 0.1) is 23.9 Å². The molecule has 1 aliphatic rings. The number of anilines is 1. The van der Waals surface area contributed by atoms with Crippen LogP contribution in [0.15, 0.2) is 42.5 Å². The van der Waals surface area contributed by atoms with E-state index in [1.54, 1.807) is 0 Å². The van der Waals surface area contributed by atoms with Gasteiger partial charge in [-0.3, -0.25) is 0 Å². The zero-order valence-electron chi connectivity index (χ0n) is 16.4. The van der Waals surface area contributed by atoms with Gasteiger partial charge in [-0.25, -0.2) is 13.6 Å². The largest absolute Gasteiger partial charge is 0.416 e. The van der Waals surface area contributed by atoms with Gasteiger partial charge >= 0.3 is 12.2 Å². The molecule has 4 N–H and O–H groups in total. The molecule has 1 fully saturated rings. The lowest BCUT2D eigenvalue weighted by atomic mass is 9.87. The number of halogens is 5. The summed E-state index contributed by atoms with van der Waals surface area (Å²) in [7, 11) is 0. The number of carbonyl (C=O) groups excluding carboxylic acids is 1. The molecule has 1 aliphatic carbocycles. The van der Waals surface area contributed by atoms with Gasteiger partial charge < -0.3 is 21.1 Å². The highest BCUT2D eigenvalue weighted by Gasteiger charge is 2.34. The van der Waals surface area contributed by atoms with E-state index in [4.69, 9.17) is 10.5 Å². The Morgan fingerprint density at radius 2 is 1.71 bits per heavy atom. The van der Waals surface area contributed by atoms with Crippen molar-refractivity contribution in [3.63, 3.8) is 0 Å². The monoisotopic (exact) mass is 443 g/mol. The van der Waals surface area contributed by atoms with E-state index in [1.165, 1.54) is 18.2 Å². The molecule has 0 bridgehead atoms. The second kappa shape index (κ2) is 9.19. The maximum atomic E-state index is 13.7. The fourth-order valence-electron chi connectivity index (χ4n) is 3.43. The van der Waals surface area contributed by atoms with Crippen LogP contribution in [0.1, 0.15) is 36.8 Å². The topological polar surface area (TPSA) is 76.4 Å². The molecular formula is C21H22F5N3O2. The zero-order valence-corrected chi connectivity index (χ0v) is 16.4. The molecule has 0 saturated heterocycles. The van der Waals surface area contributed by atoms with Gasteiger partial charge in [-0.1, -0.05) is 12.1 Å². The van der Waals surface area contributed by atoms with Crippen LogP contribution in [0.4, 0.5) is 32.4 Å². The van der Waals surface area contributed by atoms with Gasteiger partial charge in [-0.05, 0) is 56.0 Å². The van der Waals surface area contributed by atoms with Gasteiger partial charge in [-0.15, -0.1) is 0 Å². The van der Waals surface area contributed by atoms with Gasteiger partial charge in [-0.2, -0.15) is 13.2 Å². The SMILES string of the molecule is NC1(NC(=O)Nc2cccc(C(F)(F)F)c2)CCC(OCc2c(F)cccc2F)CC1. The van der Waals surface area contributed by atoms with Crippen molar-refractivity contribution in [2.45, 2.75) is 50.2 Å². The number of amides is 2. The highest BCUT2D eigenvalue weighted by atomic mass is 19.4. The smallest absolute Gasteiger partial charge is 0.373 e. The third kappa shape index (κ3) is 6.14. The van der Waals surface area contributed by atoms with Crippen molar-refractivity contribution >= 4 is 11.7 Å². The first-order valence-corrected chi connectivity index (χ1v) is 9.65. The van der Waals surface area contributed by atoms with Crippen LogP contribution in [0.3, 0.4) is 0 Å². The highest BCUT2D eigenvalue weighted by molar-refractivity contribution is 5.89. The standard InChI is InChI=1S/C21H22F5N3O2/c22-17-5-2-6-18(23)16(17)12-31-15-7-9-20(27,10-8-15)29-19(30)28-14-4-1-3-13(11-14)21(24,25)26/h1-6,11,15H,7-10,12,27H2,(H2,28,29,30). The first-order chi connectivity index (χ1) is 14.6. The van der Waals surface area contributed by atoms with E-state index < -0.39 is 35.1 Å². The zero-order chi connectivity index (χ0) is 22.6. The van der Waals surface area contributed by atoms with Crippen molar-refractivity contribution < 1.29 is 31.5 Å². The maximum absolute atomic E-state index is 13.7. The molecule has 1 saturated carbocycles. The Kier molecular flexibility index (Phi) is 6.80. The summed E-state index contributed by atoms with van der Waals surface area (Å²) >= 11 is 0. The minimum Gasteiger partial charge on any atom is -0.373 e. The van der Waals surface area contributed by atoms with Crippen molar-refractivity contribution in [3.8, 4) is 0 Å². The fourth-order valence-corrected chi connectivity index (χ4v) is 3.43. The molecule has 0 radical (unpaired) electrons. The van der Waals surface area contributed by atoms with Gasteiger partial charge in [0, 0.05) is 11.3 Å². The van der Waals surface area contributed by atoms with Crippen LogP contribution in [0, 0.1) is 11.6 Å². The van der Waals surface area contributed by atoms with E-state index in [-0.39, 0.29) is 24.0 Å². The number of ether oxygens (including phenoxy) is 1. The predicted octanol–water partition coefficient (Wildman–Crippen LogP) is 4.92. The summed E-state index contributed by atoms with van der Waals surface area (Å²) in [5, 5.41) is 4.94. The molecule has 0 atom stereocenters. The van der Waals surface area contributed by atoms with Crippen LogP contribution in [0.2, 0.25) is 0 Å². The second-order valence-electron chi connectivity index (χ2n) is 7.52. The quantitative estimate of drug-likeness (QED) is 0.454. The number of hydrogen-bond donors (Lipinski definition) is 3. The summed E-state index contributed by atoms with van der Waals surface area (Å²) in [6.07, 6.45) is -3.27. The number of nitrogens with one attached hydrogen (secondary N) is 2. The third-order valence-electron chi connectivity index (χ3n) is 5.16. The van der Waals surface area contributed by atoms with Crippen LogP contribution in [0.5, 0.6) is 0 Å². The number of nitrogens with two attached hydrogens (primary N) is 1. The van der Waals surface area contributed by atoms with Crippen LogP contribution in [-0.2, 0) is 17.5 Å². The Morgan fingerprint density at radius 3 is 2.32 bits per heavy atom. The summed E-state index contributed by atoms with van der Waals surface area (Å²) in [6.45, 7) is -0.218. The average Bonchev–Trinajstić information content (AvgIpc) is 2.68. The van der Waals surface area contributed by atoms with Gasteiger partial charge in [0.1, 0.15) is 11.6 Å². The van der Waals surface area contributed by atoms with Crippen LogP contribution >= 0.6 is 0 Å². The molecule has 0 aromatic heterocycles. The van der Waals surface area contributed by atoms with E-state index in [9.17, 15) is 26.7 Å². The van der Waals surface area contributed by atoms with E-state index in [0.717, 1.165) is 24.3 Å². The lowest BCUT2D eigenvalue weighted by molar-refractivity contribution is -0.137. The van der Waals surface area contributed by atoms with Crippen LogP contribution < -0.4 is 16.4 Å². The first kappa shape index (κ1) is 23.0. The molecule has 168 valence electrons. The Hall–Kier alpha value is -2.72. The van der Waals surface area contributed by atoms with Crippen LogP contribution in [0.25, 0.3) is 0 Å². The van der Waals surface area contributed by atoms with Crippen molar-refractivity contribution in [3.05, 3.63) is 65.2 Å². The highest BCUT2D eigenvalue weighted by Crippen LogP contribution is 2.31. The summed E-state index contributed by atoms with van der Waals surface area (Å²) < 4.78 is 71.3. The Balaban J connectivity index is 1.50. The van der Waals surface area contributed by atoms with Crippen molar-refractivity contribution in [1.82, 2.24) is 5.32 Å². The van der Waals surface area contributed by atoms with Gasteiger partial charge in [0.25, 0.3) is 0 Å². The molecule has 10 heteroatoms. The van der Waals surface area contributed by atoms with E-state index in [1.807, 2.05) is 0 Å². The molecule has 5 nitrogen and oxygen atoms in total. The molecular weight excluding hydrogens is 421 g/mol. The lowest BCUT2D eigenvalue weighted by Crippen LogP contribution is -2.59. The number of benzene rings is 2. The molecule has 0 aliphatic heterocycles. The normalized spacial score (nSPS) is 21.5. The van der Waals surface area contributed by atoms with Gasteiger partial charge in [0.2, 0.25) is 0 Å².